The molecule has 8 nitrogen and oxygen atoms in total. The molecule has 0 radical (unpaired) electrons. The number of nitrogens with zero attached hydrogens (tertiary/aromatic N) is 1. The van der Waals surface area contributed by atoms with Crippen molar-refractivity contribution in [2.45, 2.75) is 6.92 Å². The van der Waals surface area contributed by atoms with Crippen LogP contribution in [0.2, 0.25) is 10.0 Å². The van der Waals surface area contributed by atoms with Crippen LogP contribution >= 0.6 is 23.2 Å². The van der Waals surface area contributed by atoms with E-state index in [0.29, 0.717) is 5.56 Å². The molecule has 26 heavy (non-hydrogen) atoms. The van der Waals surface area contributed by atoms with Gasteiger partial charge >= 0.3 is 5.97 Å². The first-order valence-corrected chi connectivity index (χ1v) is 7.91. The van der Waals surface area contributed by atoms with Crippen molar-refractivity contribution in [1.82, 2.24) is 0 Å². The lowest BCUT2D eigenvalue weighted by Crippen LogP contribution is -2.22. The lowest BCUT2D eigenvalue weighted by Gasteiger charge is -2.10. The molecule has 0 aliphatic rings. The predicted molar refractivity (Wildman–Crippen MR) is 97.6 cm³/mol. The van der Waals surface area contributed by atoms with Crippen molar-refractivity contribution in [2.75, 3.05) is 17.7 Å². The van der Waals surface area contributed by atoms with E-state index in [9.17, 15) is 19.7 Å². The number of hydrogen-bond acceptors (Lipinski definition) is 6. The Kier molecular flexibility index (Phi) is 6.01. The molecule has 136 valence electrons. The Balaban J connectivity index is 2.05. The lowest BCUT2D eigenvalue weighted by atomic mass is 10.2. The molecule has 0 aromatic heterocycles. The van der Waals surface area contributed by atoms with Gasteiger partial charge in [-0.25, -0.2) is 4.79 Å². The van der Waals surface area contributed by atoms with Crippen LogP contribution in [0, 0.1) is 17.0 Å². The Labute approximate surface area is 158 Å². The number of benzene rings is 2. The first-order valence-electron chi connectivity index (χ1n) is 7.15. The normalized spacial score (nSPS) is 10.3. The van der Waals surface area contributed by atoms with Crippen molar-refractivity contribution in [3.05, 3.63) is 61.6 Å². The second-order valence-corrected chi connectivity index (χ2v) is 6.07. The maximum absolute atomic E-state index is 12.0. The number of nitro benzene ring substituents is 1. The van der Waals surface area contributed by atoms with E-state index in [1.54, 1.807) is 6.92 Å². The predicted octanol–water partition coefficient (Wildman–Crippen LogP) is 3.59. The molecule has 0 atom stereocenters. The van der Waals surface area contributed by atoms with Gasteiger partial charge in [-0.3, -0.25) is 14.9 Å². The Morgan fingerprint density at radius 3 is 2.62 bits per heavy atom. The lowest BCUT2D eigenvalue weighted by molar-refractivity contribution is -0.384. The van der Waals surface area contributed by atoms with Gasteiger partial charge < -0.3 is 15.8 Å². The summed E-state index contributed by atoms with van der Waals surface area (Å²) in [5, 5.41) is 13.5. The third-order valence-electron chi connectivity index (χ3n) is 3.35. The molecule has 0 aliphatic carbocycles. The van der Waals surface area contributed by atoms with Gasteiger partial charge in [0.25, 0.3) is 11.6 Å². The molecule has 10 heteroatoms. The van der Waals surface area contributed by atoms with Crippen LogP contribution in [0.25, 0.3) is 0 Å². The van der Waals surface area contributed by atoms with E-state index in [0.717, 1.165) is 0 Å². The molecule has 0 fully saturated rings. The van der Waals surface area contributed by atoms with Gasteiger partial charge in [-0.2, -0.15) is 0 Å². The van der Waals surface area contributed by atoms with Crippen LogP contribution < -0.4 is 11.1 Å². The van der Waals surface area contributed by atoms with E-state index in [2.05, 4.69) is 5.32 Å². The number of nitro groups is 1. The fraction of sp³-hybridized carbons (Fsp3) is 0.125. The molecule has 2 rings (SSSR count). The second-order valence-electron chi connectivity index (χ2n) is 5.23. The average molecular weight is 398 g/mol. The smallest absolute Gasteiger partial charge is 0.340 e. The molecule has 0 aliphatic heterocycles. The molecule has 0 spiro atoms. The maximum Gasteiger partial charge on any atom is 0.340 e. The molecule has 0 saturated carbocycles. The van der Waals surface area contributed by atoms with Gasteiger partial charge in [-0.1, -0.05) is 29.3 Å². The highest BCUT2D eigenvalue weighted by Crippen LogP contribution is 2.28. The minimum absolute atomic E-state index is 0.0176. The summed E-state index contributed by atoms with van der Waals surface area (Å²) in [6.07, 6.45) is 0. The van der Waals surface area contributed by atoms with Crippen LogP contribution in [0.1, 0.15) is 15.9 Å². The Hall–Kier alpha value is -2.84. The summed E-state index contributed by atoms with van der Waals surface area (Å²) in [4.78, 5) is 34.2. The maximum atomic E-state index is 12.0. The van der Waals surface area contributed by atoms with Crippen molar-refractivity contribution in [3.8, 4) is 0 Å². The molecular weight excluding hydrogens is 385 g/mol. The van der Waals surface area contributed by atoms with E-state index in [1.165, 1.54) is 30.3 Å². The highest BCUT2D eigenvalue weighted by molar-refractivity contribution is 6.37. The highest BCUT2D eigenvalue weighted by atomic mass is 35.5. The largest absolute Gasteiger partial charge is 0.452 e. The van der Waals surface area contributed by atoms with Gasteiger partial charge in [0.2, 0.25) is 0 Å². The van der Waals surface area contributed by atoms with E-state index < -0.39 is 23.4 Å². The molecule has 0 heterocycles. The van der Waals surface area contributed by atoms with E-state index >= 15 is 0 Å². The van der Waals surface area contributed by atoms with Gasteiger partial charge in [-0.15, -0.1) is 0 Å². The topological polar surface area (TPSA) is 125 Å². The van der Waals surface area contributed by atoms with E-state index in [4.69, 9.17) is 33.7 Å². The highest BCUT2D eigenvalue weighted by Gasteiger charge is 2.17. The number of esters is 1. The van der Waals surface area contributed by atoms with Crippen LogP contribution in [0.15, 0.2) is 30.3 Å². The fourth-order valence-electron chi connectivity index (χ4n) is 2.01. The van der Waals surface area contributed by atoms with Crippen LogP contribution in [-0.4, -0.2) is 23.4 Å². The number of anilines is 2. The van der Waals surface area contributed by atoms with Crippen molar-refractivity contribution < 1.29 is 19.2 Å². The van der Waals surface area contributed by atoms with Gasteiger partial charge in [0.1, 0.15) is 0 Å². The van der Waals surface area contributed by atoms with Crippen LogP contribution in [0.5, 0.6) is 0 Å². The molecule has 0 unspecified atom stereocenters. The minimum Gasteiger partial charge on any atom is -0.452 e. The van der Waals surface area contributed by atoms with E-state index in [-0.39, 0.29) is 32.7 Å². The third-order valence-corrected chi connectivity index (χ3v) is 3.89. The number of nitrogens with one attached hydrogen (secondary N) is 1. The monoisotopic (exact) mass is 397 g/mol. The number of aryl methyl sites for hydroxylation is 1. The number of carbonyl (C=O) groups is 2. The summed E-state index contributed by atoms with van der Waals surface area (Å²) in [6, 6.07) is 6.66. The second kappa shape index (κ2) is 8.03. The quantitative estimate of drug-likeness (QED) is 0.343. The Morgan fingerprint density at radius 1 is 1.27 bits per heavy atom. The average Bonchev–Trinajstić information content (AvgIpc) is 2.57. The molecule has 1 amide bonds. The van der Waals surface area contributed by atoms with Gasteiger partial charge in [-0.05, 0) is 24.6 Å². The number of non-ortho nitro benzene ring substituents is 1. The molecule has 0 saturated heterocycles. The molecule has 0 bridgehead atoms. The summed E-state index contributed by atoms with van der Waals surface area (Å²) in [7, 11) is 0. The number of hydrogen-bond donors (Lipinski definition) is 2. The van der Waals surface area contributed by atoms with E-state index in [1.807, 2.05) is 0 Å². The molecule has 3 N–H and O–H groups in total. The molecular formula is C16H13Cl2N3O5. The zero-order chi connectivity index (χ0) is 19.4. The van der Waals surface area contributed by atoms with Crippen LogP contribution in [0.4, 0.5) is 17.1 Å². The Bertz CT molecular complexity index is 902. The molecule has 2 aromatic carbocycles. The minimum atomic E-state index is -0.877. The zero-order valence-corrected chi connectivity index (χ0v) is 14.9. The van der Waals surface area contributed by atoms with Gasteiger partial charge in [0.05, 0.1) is 26.9 Å². The van der Waals surface area contributed by atoms with Gasteiger partial charge in [0, 0.05) is 17.2 Å². The number of amides is 1. The third kappa shape index (κ3) is 4.62. The van der Waals surface area contributed by atoms with Crippen LogP contribution in [0.3, 0.4) is 0 Å². The zero-order valence-electron chi connectivity index (χ0n) is 13.4. The van der Waals surface area contributed by atoms with Crippen molar-refractivity contribution in [2.24, 2.45) is 0 Å². The first kappa shape index (κ1) is 19.5. The SMILES string of the molecule is Cc1ccc([N+](=O)[O-])cc1NC(=O)COC(=O)c1cc(Cl)cc(Cl)c1N. The van der Waals surface area contributed by atoms with Crippen LogP contribution in [-0.2, 0) is 9.53 Å². The Morgan fingerprint density at radius 2 is 1.96 bits per heavy atom. The standard InChI is InChI=1S/C16H13Cl2N3O5/c1-8-2-3-10(21(24)25)6-13(8)20-14(22)7-26-16(23)11-4-9(17)5-12(18)15(11)19/h2-6H,7,19H2,1H3,(H,20,22). The number of rotatable bonds is 5. The number of nitrogens with two attached hydrogens (primary N) is 1. The molecule has 2 aromatic rings. The number of ether oxygens (including phenoxy) is 1. The summed E-state index contributed by atoms with van der Waals surface area (Å²) in [5.41, 5.74) is 6.28. The number of nitrogen functional groups attached to an aromatic ring is 1. The van der Waals surface area contributed by atoms with Gasteiger partial charge in [0.15, 0.2) is 6.61 Å². The fourth-order valence-corrected chi connectivity index (χ4v) is 2.50. The number of carbonyl (C=O) groups excluding carboxylic acids is 2. The van der Waals surface area contributed by atoms with Crippen molar-refractivity contribution in [3.63, 3.8) is 0 Å². The van der Waals surface area contributed by atoms with Crippen molar-refractivity contribution >= 4 is 52.1 Å². The van der Waals surface area contributed by atoms with Crippen molar-refractivity contribution in [1.29, 1.82) is 0 Å². The summed E-state index contributed by atoms with van der Waals surface area (Å²) in [6.45, 7) is 1.05. The summed E-state index contributed by atoms with van der Waals surface area (Å²) < 4.78 is 4.89. The summed E-state index contributed by atoms with van der Waals surface area (Å²) in [5.74, 6) is -1.55. The first-order chi connectivity index (χ1) is 12.2. The summed E-state index contributed by atoms with van der Waals surface area (Å²) >= 11 is 11.7. The number of halogens is 2.